The van der Waals surface area contributed by atoms with Crippen molar-refractivity contribution in [2.24, 2.45) is 5.92 Å². The van der Waals surface area contributed by atoms with Crippen LogP contribution in [-0.2, 0) is 0 Å². The van der Waals surface area contributed by atoms with E-state index in [2.05, 4.69) is 44.8 Å². The largest absolute Gasteiger partial charge is 0.312 e. The van der Waals surface area contributed by atoms with Crippen LogP contribution in [0.3, 0.4) is 0 Å². The van der Waals surface area contributed by atoms with Crippen molar-refractivity contribution < 1.29 is 0 Å². The Morgan fingerprint density at radius 3 is 2.00 bits per heavy atom. The van der Waals surface area contributed by atoms with Crippen molar-refractivity contribution in [2.45, 2.75) is 97.6 Å². The molecule has 1 saturated heterocycles. The number of hydrogen-bond acceptors (Lipinski definition) is 2. The first kappa shape index (κ1) is 19.0. The van der Waals surface area contributed by atoms with Crippen molar-refractivity contribution in [1.29, 1.82) is 0 Å². The smallest absolute Gasteiger partial charge is 0.0306 e. The normalized spacial score (nSPS) is 19.7. The maximum absolute atomic E-state index is 3.88. The number of likely N-dealkylation sites (tertiary alicyclic amines) is 1. The molecule has 0 amide bonds. The second kappa shape index (κ2) is 9.84. The molecule has 0 spiro atoms. The monoisotopic (exact) mass is 296 g/mol. The molecule has 0 aliphatic carbocycles. The van der Waals surface area contributed by atoms with Gasteiger partial charge in [0.2, 0.25) is 0 Å². The molecule has 0 saturated carbocycles. The lowest BCUT2D eigenvalue weighted by Gasteiger charge is -2.45. The van der Waals surface area contributed by atoms with Crippen LogP contribution in [0.25, 0.3) is 0 Å². The van der Waals surface area contributed by atoms with E-state index in [1.807, 2.05) is 0 Å². The molecule has 0 aromatic carbocycles. The maximum Gasteiger partial charge on any atom is 0.0306 e. The van der Waals surface area contributed by atoms with Gasteiger partial charge in [-0.3, -0.25) is 4.90 Å². The molecule has 1 aliphatic heterocycles. The van der Waals surface area contributed by atoms with Gasteiger partial charge in [-0.25, -0.2) is 0 Å². The summed E-state index contributed by atoms with van der Waals surface area (Å²) >= 11 is 0. The van der Waals surface area contributed by atoms with E-state index >= 15 is 0 Å². The van der Waals surface area contributed by atoms with Crippen LogP contribution in [-0.4, -0.2) is 36.1 Å². The van der Waals surface area contributed by atoms with Crippen molar-refractivity contribution in [3.05, 3.63) is 0 Å². The Balaban J connectivity index is 2.76. The molecule has 1 atom stereocenters. The summed E-state index contributed by atoms with van der Waals surface area (Å²) in [6, 6.07) is 0.625. The predicted octanol–water partition coefficient (Wildman–Crippen LogP) is 4.84. The molecule has 0 aromatic rings. The van der Waals surface area contributed by atoms with Crippen molar-refractivity contribution in [1.82, 2.24) is 10.2 Å². The standard InChI is InChI=1S/C19H40N2/c1-6-13-20-18(16-17(7-2)8-3)19(4,5)21-14-11-9-10-12-15-21/h17-18,20H,6-16H2,1-5H3. The third kappa shape index (κ3) is 5.90. The quantitative estimate of drug-likeness (QED) is 0.655. The van der Waals surface area contributed by atoms with Crippen molar-refractivity contribution >= 4 is 0 Å². The Kier molecular flexibility index (Phi) is 8.89. The van der Waals surface area contributed by atoms with Gasteiger partial charge in [-0.05, 0) is 65.1 Å². The molecular weight excluding hydrogens is 256 g/mol. The van der Waals surface area contributed by atoms with Crippen molar-refractivity contribution in [3.63, 3.8) is 0 Å². The van der Waals surface area contributed by atoms with E-state index < -0.39 is 0 Å². The average Bonchev–Trinajstić information content (AvgIpc) is 2.77. The van der Waals surface area contributed by atoms with Crippen molar-refractivity contribution in [2.75, 3.05) is 19.6 Å². The van der Waals surface area contributed by atoms with Crippen LogP contribution in [0.15, 0.2) is 0 Å². The predicted molar refractivity (Wildman–Crippen MR) is 94.9 cm³/mol. The van der Waals surface area contributed by atoms with Gasteiger partial charge in [-0.1, -0.05) is 46.5 Å². The Morgan fingerprint density at radius 2 is 1.52 bits per heavy atom. The second-order valence-corrected chi connectivity index (χ2v) is 7.48. The van der Waals surface area contributed by atoms with Crippen molar-refractivity contribution in [3.8, 4) is 0 Å². The lowest BCUT2D eigenvalue weighted by atomic mass is 9.83. The summed E-state index contributed by atoms with van der Waals surface area (Å²) in [5.74, 6) is 0.866. The third-order valence-electron chi connectivity index (χ3n) is 5.64. The number of nitrogens with one attached hydrogen (secondary N) is 1. The summed E-state index contributed by atoms with van der Waals surface area (Å²) in [5.41, 5.74) is 0.280. The molecule has 126 valence electrons. The molecule has 1 heterocycles. The van der Waals surface area contributed by atoms with E-state index in [1.165, 1.54) is 64.5 Å². The van der Waals surface area contributed by atoms with Crippen LogP contribution in [0.5, 0.6) is 0 Å². The van der Waals surface area contributed by atoms with Gasteiger partial charge in [-0.15, -0.1) is 0 Å². The first-order valence-corrected chi connectivity index (χ1v) is 9.54. The minimum Gasteiger partial charge on any atom is -0.312 e. The lowest BCUT2D eigenvalue weighted by Crippen LogP contribution is -2.58. The molecule has 0 bridgehead atoms. The first-order valence-electron chi connectivity index (χ1n) is 9.54. The summed E-state index contributed by atoms with van der Waals surface area (Å²) < 4.78 is 0. The van der Waals surface area contributed by atoms with Crippen LogP contribution in [0.4, 0.5) is 0 Å². The highest BCUT2D eigenvalue weighted by Crippen LogP contribution is 2.28. The fourth-order valence-electron chi connectivity index (χ4n) is 3.76. The topological polar surface area (TPSA) is 15.3 Å². The SMILES string of the molecule is CCCNC(CC(CC)CC)C(C)(C)N1CCCCCC1. The van der Waals surface area contributed by atoms with Gasteiger partial charge in [0, 0.05) is 11.6 Å². The zero-order chi connectivity index (χ0) is 15.7. The van der Waals surface area contributed by atoms with E-state index in [-0.39, 0.29) is 5.54 Å². The molecule has 0 radical (unpaired) electrons. The summed E-state index contributed by atoms with van der Waals surface area (Å²) in [4.78, 5) is 2.77. The second-order valence-electron chi connectivity index (χ2n) is 7.48. The Hall–Kier alpha value is -0.0800. The molecule has 0 aromatic heterocycles. The van der Waals surface area contributed by atoms with E-state index in [1.54, 1.807) is 0 Å². The van der Waals surface area contributed by atoms with Crippen LogP contribution in [0.2, 0.25) is 0 Å². The van der Waals surface area contributed by atoms with Gasteiger partial charge in [0.15, 0.2) is 0 Å². The number of hydrogen-bond donors (Lipinski definition) is 1. The highest BCUT2D eigenvalue weighted by atomic mass is 15.2. The molecular formula is C19H40N2. The van der Waals surface area contributed by atoms with E-state index in [0.29, 0.717) is 6.04 Å². The highest BCUT2D eigenvalue weighted by Gasteiger charge is 2.35. The van der Waals surface area contributed by atoms with E-state index in [9.17, 15) is 0 Å². The van der Waals surface area contributed by atoms with Gasteiger partial charge in [0.1, 0.15) is 0 Å². The molecule has 1 aliphatic rings. The molecule has 1 unspecified atom stereocenters. The molecule has 2 heteroatoms. The van der Waals surface area contributed by atoms with Gasteiger partial charge in [0.25, 0.3) is 0 Å². The van der Waals surface area contributed by atoms with Gasteiger partial charge < -0.3 is 5.32 Å². The summed E-state index contributed by atoms with van der Waals surface area (Å²) in [6.07, 6.45) is 10.8. The molecule has 1 fully saturated rings. The molecule has 2 nitrogen and oxygen atoms in total. The summed E-state index contributed by atoms with van der Waals surface area (Å²) in [7, 11) is 0. The fourth-order valence-corrected chi connectivity index (χ4v) is 3.76. The fraction of sp³-hybridized carbons (Fsp3) is 1.00. The van der Waals surface area contributed by atoms with Crippen LogP contribution in [0.1, 0.15) is 86.0 Å². The Labute approximate surface area is 134 Å². The summed E-state index contributed by atoms with van der Waals surface area (Å²) in [5, 5.41) is 3.88. The lowest BCUT2D eigenvalue weighted by molar-refractivity contribution is 0.0721. The van der Waals surface area contributed by atoms with Gasteiger partial charge >= 0.3 is 0 Å². The number of nitrogens with zero attached hydrogens (tertiary/aromatic N) is 1. The van der Waals surface area contributed by atoms with Gasteiger partial charge in [-0.2, -0.15) is 0 Å². The van der Waals surface area contributed by atoms with Gasteiger partial charge in [0.05, 0.1) is 0 Å². The van der Waals surface area contributed by atoms with Crippen LogP contribution in [0, 0.1) is 5.92 Å². The van der Waals surface area contributed by atoms with Crippen LogP contribution < -0.4 is 5.32 Å². The van der Waals surface area contributed by atoms with E-state index in [0.717, 1.165) is 12.5 Å². The zero-order valence-electron chi connectivity index (χ0n) is 15.4. The Morgan fingerprint density at radius 1 is 0.952 bits per heavy atom. The summed E-state index contributed by atoms with van der Waals surface area (Å²) in [6.45, 7) is 15.7. The van der Waals surface area contributed by atoms with E-state index in [4.69, 9.17) is 0 Å². The third-order valence-corrected chi connectivity index (χ3v) is 5.64. The first-order chi connectivity index (χ1) is 10.1. The Bertz CT molecular complexity index is 250. The number of rotatable bonds is 9. The minimum absolute atomic E-state index is 0.280. The molecule has 1 N–H and O–H groups in total. The molecule has 21 heavy (non-hydrogen) atoms. The minimum atomic E-state index is 0.280. The zero-order valence-corrected chi connectivity index (χ0v) is 15.4. The van der Waals surface area contributed by atoms with Crippen LogP contribution >= 0.6 is 0 Å². The average molecular weight is 297 g/mol. The maximum atomic E-state index is 3.88. The molecule has 1 rings (SSSR count). The highest BCUT2D eigenvalue weighted by molar-refractivity contribution is 4.95.